The second-order valence-electron chi connectivity index (χ2n) is 5.44. The molecule has 120 valence electrons. The lowest BCUT2D eigenvalue weighted by atomic mass is 10.1. The second-order valence-corrected chi connectivity index (χ2v) is 6.95. The Morgan fingerprint density at radius 2 is 1.90 bits per heavy atom. The van der Waals surface area contributed by atoms with Gasteiger partial charge in [-0.2, -0.15) is 11.8 Å². The van der Waals surface area contributed by atoms with Gasteiger partial charge in [0.15, 0.2) is 5.96 Å². The van der Waals surface area contributed by atoms with Gasteiger partial charge in [-0.25, -0.2) is 0 Å². The van der Waals surface area contributed by atoms with Crippen molar-refractivity contribution in [2.75, 3.05) is 19.3 Å². The summed E-state index contributed by atoms with van der Waals surface area (Å²) < 4.78 is 0.165. The van der Waals surface area contributed by atoms with E-state index in [-0.39, 0.29) is 34.8 Å². The van der Waals surface area contributed by atoms with Crippen molar-refractivity contribution >= 4 is 41.7 Å². The van der Waals surface area contributed by atoms with Crippen LogP contribution in [-0.4, -0.2) is 30.1 Å². The van der Waals surface area contributed by atoms with Crippen molar-refractivity contribution in [2.45, 2.75) is 38.5 Å². The summed E-state index contributed by atoms with van der Waals surface area (Å²) in [6.07, 6.45) is 2.13. The van der Waals surface area contributed by atoms with E-state index in [2.05, 4.69) is 68.8 Å². The lowest BCUT2D eigenvalue weighted by Crippen LogP contribution is -2.39. The van der Waals surface area contributed by atoms with Crippen molar-refractivity contribution in [2.24, 2.45) is 4.99 Å². The number of thioether (sulfide) groups is 1. The first kappa shape index (κ1) is 20.6. The summed E-state index contributed by atoms with van der Waals surface area (Å²) in [5.74, 6) is 0.881. The van der Waals surface area contributed by atoms with E-state index in [1.54, 1.807) is 0 Å². The topological polar surface area (TPSA) is 36.4 Å². The molecule has 1 aromatic rings. The van der Waals surface area contributed by atoms with Gasteiger partial charge in [0.1, 0.15) is 0 Å². The van der Waals surface area contributed by atoms with Crippen LogP contribution >= 0.6 is 35.7 Å². The van der Waals surface area contributed by atoms with Gasteiger partial charge in [-0.1, -0.05) is 30.3 Å². The molecule has 3 nitrogen and oxygen atoms in total. The summed E-state index contributed by atoms with van der Waals surface area (Å²) in [7, 11) is 0. The molecule has 0 bridgehead atoms. The minimum atomic E-state index is 0. The summed E-state index contributed by atoms with van der Waals surface area (Å²) >= 11 is 1.84. The van der Waals surface area contributed by atoms with Crippen LogP contribution in [0.3, 0.4) is 0 Å². The molecule has 0 aliphatic rings. The zero-order chi connectivity index (χ0) is 15.0. The summed E-state index contributed by atoms with van der Waals surface area (Å²) in [4.78, 5) is 4.70. The van der Waals surface area contributed by atoms with E-state index >= 15 is 0 Å². The molecule has 0 aliphatic heterocycles. The van der Waals surface area contributed by atoms with Crippen LogP contribution < -0.4 is 10.6 Å². The van der Waals surface area contributed by atoms with E-state index in [0.717, 1.165) is 19.0 Å². The van der Waals surface area contributed by atoms with Gasteiger partial charge in [0.25, 0.3) is 0 Å². The predicted molar refractivity (Wildman–Crippen MR) is 107 cm³/mol. The molecule has 0 fully saturated rings. The normalized spacial score (nSPS) is 13.3. The molecule has 5 heteroatoms. The number of halogens is 1. The van der Waals surface area contributed by atoms with Crippen molar-refractivity contribution in [3.8, 4) is 0 Å². The van der Waals surface area contributed by atoms with Crippen LogP contribution in [0.5, 0.6) is 0 Å². The maximum Gasteiger partial charge on any atom is 0.191 e. The highest BCUT2D eigenvalue weighted by Crippen LogP contribution is 2.21. The van der Waals surface area contributed by atoms with Gasteiger partial charge < -0.3 is 10.6 Å². The Labute approximate surface area is 150 Å². The van der Waals surface area contributed by atoms with Crippen molar-refractivity contribution in [1.29, 1.82) is 0 Å². The number of hydrogen-bond donors (Lipinski definition) is 2. The average molecular weight is 421 g/mol. The summed E-state index contributed by atoms with van der Waals surface area (Å²) in [5.41, 5.74) is 1.27. The third kappa shape index (κ3) is 7.95. The van der Waals surface area contributed by atoms with Gasteiger partial charge in [-0.05, 0) is 39.5 Å². The number of nitrogens with one attached hydrogen (secondary N) is 2. The first-order valence-corrected chi connectivity index (χ1v) is 8.36. The highest BCUT2D eigenvalue weighted by Gasteiger charge is 2.16. The maximum absolute atomic E-state index is 4.70. The van der Waals surface area contributed by atoms with Crippen LogP contribution in [0.4, 0.5) is 0 Å². The number of rotatable bonds is 6. The van der Waals surface area contributed by atoms with Crippen LogP contribution in [-0.2, 0) is 0 Å². The van der Waals surface area contributed by atoms with Gasteiger partial charge in [0, 0.05) is 11.3 Å². The molecule has 0 aliphatic carbocycles. The minimum Gasteiger partial charge on any atom is -0.357 e. The first-order chi connectivity index (χ1) is 9.48. The molecule has 2 N–H and O–H groups in total. The fourth-order valence-electron chi connectivity index (χ4n) is 1.68. The molecule has 0 spiro atoms. The number of aliphatic imine (C=N–C) groups is 1. The molecule has 1 atom stereocenters. The van der Waals surface area contributed by atoms with E-state index in [0.29, 0.717) is 0 Å². The zero-order valence-corrected chi connectivity index (χ0v) is 16.8. The maximum atomic E-state index is 4.70. The van der Waals surface area contributed by atoms with E-state index < -0.39 is 0 Å². The van der Waals surface area contributed by atoms with Crippen LogP contribution in [0.2, 0.25) is 0 Å². The van der Waals surface area contributed by atoms with E-state index in [1.165, 1.54) is 5.56 Å². The fraction of sp³-hybridized carbons (Fsp3) is 0.562. The van der Waals surface area contributed by atoms with E-state index in [9.17, 15) is 0 Å². The molecule has 0 saturated carbocycles. The highest BCUT2D eigenvalue weighted by molar-refractivity contribution is 14.0. The molecular formula is C16H28IN3S. The lowest BCUT2D eigenvalue weighted by molar-refractivity contribution is 0.670. The molecule has 0 amide bonds. The fourth-order valence-corrected chi connectivity index (χ4v) is 1.88. The van der Waals surface area contributed by atoms with Crippen LogP contribution in [0, 0.1) is 0 Å². The third-order valence-corrected chi connectivity index (χ3v) is 4.40. The van der Waals surface area contributed by atoms with Gasteiger partial charge in [-0.3, -0.25) is 4.99 Å². The van der Waals surface area contributed by atoms with Crippen LogP contribution in [0.1, 0.15) is 39.3 Å². The number of benzene rings is 1. The standard InChI is InChI=1S/C16H27N3S.HI/c1-6-17-15(18-12-16(3,4)20-5)19-13(2)14-10-8-7-9-11-14;/h7-11,13H,6,12H2,1-5H3,(H2,17,18,19);1H. The Morgan fingerprint density at radius 3 is 2.43 bits per heavy atom. The lowest BCUT2D eigenvalue weighted by Gasteiger charge is -2.22. The van der Waals surface area contributed by atoms with Crippen molar-refractivity contribution in [1.82, 2.24) is 10.6 Å². The van der Waals surface area contributed by atoms with Gasteiger partial charge >= 0.3 is 0 Å². The predicted octanol–water partition coefficient (Wildman–Crippen LogP) is 4.06. The average Bonchev–Trinajstić information content (AvgIpc) is 2.46. The molecule has 1 rings (SSSR count). The molecule has 1 aromatic carbocycles. The van der Waals surface area contributed by atoms with Crippen molar-refractivity contribution in [3.63, 3.8) is 0 Å². The largest absolute Gasteiger partial charge is 0.357 e. The summed E-state index contributed by atoms with van der Waals surface area (Å²) in [6.45, 7) is 10.3. The zero-order valence-electron chi connectivity index (χ0n) is 13.6. The molecule has 0 aromatic heterocycles. The molecule has 1 unspecified atom stereocenters. The van der Waals surface area contributed by atoms with Gasteiger partial charge in [0.05, 0.1) is 12.6 Å². The van der Waals surface area contributed by atoms with E-state index in [1.807, 2.05) is 17.8 Å². The van der Waals surface area contributed by atoms with Crippen LogP contribution in [0.15, 0.2) is 35.3 Å². The van der Waals surface area contributed by atoms with Crippen molar-refractivity contribution in [3.05, 3.63) is 35.9 Å². The summed E-state index contributed by atoms with van der Waals surface area (Å²) in [5, 5.41) is 6.77. The monoisotopic (exact) mass is 421 g/mol. The molecular weight excluding hydrogens is 393 g/mol. The Bertz CT molecular complexity index is 421. The smallest absolute Gasteiger partial charge is 0.191 e. The van der Waals surface area contributed by atoms with Crippen LogP contribution in [0.25, 0.3) is 0 Å². The minimum absolute atomic E-state index is 0. The number of guanidine groups is 1. The van der Waals surface area contributed by atoms with Crippen molar-refractivity contribution < 1.29 is 0 Å². The Hall–Kier alpha value is -0.430. The number of hydrogen-bond acceptors (Lipinski definition) is 2. The third-order valence-electron chi connectivity index (χ3n) is 3.17. The first-order valence-electron chi connectivity index (χ1n) is 7.13. The SMILES string of the molecule is CCNC(=NCC(C)(C)SC)NC(C)c1ccccc1.I. The second kappa shape index (κ2) is 10.3. The molecule has 0 heterocycles. The quantitative estimate of drug-likeness (QED) is 0.413. The number of nitrogens with zero attached hydrogens (tertiary/aromatic N) is 1. The molecule has 0 saturated heterocycles. The van der Waals surface area contributed by atoms with Gasteiger partial charge in [0.2, 0.25) is 0 Å². The molecule has 21 heavy (non-hydrogen) atoms. The molecule has 0 radical (unpaired) electrons. The Balaban J connectivity index is 0.00000400. The highest BCUT2D eigenvalue weighted by atomic mass is 127. The Morgan fingerprint density at radius 1 is 1.29 bits per heavy atom. The van der Waals surface area contributed by atoms with Gasteiger partial charge in [-0.15, -0.1) is 24.0 Å². The van der Waals surface area contributed by atoms with E-state index in [4.69, 9.17) is 4.99 Å². The Kier molecular flexibility index (Phi) is 10.1. The summed E-state index contributed by atoms with van der Waals surface area (Å²) in [6, 6.07) is 10.7.